The molecule has 0 atom stereocenters. The van der Waals surface area contributed by atoms with Gasteiger partial charge in [0.25, 0.3) is 0 Å². The molecule has 4 N–H and O–H groups in total. The summed E-state index contributed by atoms with van der Waals surface area (Å²) in [6.45, 7) is 1.56. The lowest BCUT2D eigenvalue weighted by Crippen LogP contribution is -2.07. The molecule has 19 heavy (non-hydrogen) atoms. The summed E-state index contributed by atoms with van der Waals surface area (Å²) in [6, 6.07) is 1.83. The lowest BCUT2D eigenvalue weighted by Gasteiger charge is -2.07. The molecule has 0 bridgehead atoms. The molecule has 0 fully saturated rings. The minimum absolute atomic E-state index is 0.648. The standard InChI is InChI=1S/C12H17N7/c13-3-1-2-4-15-10-7-11(18-9-17-10)19-12-8-14-5-6-16-12/h5-9H,1-4,13H2,(H2,15,16,17,18,19). The van der Waals surface area contributed by atoms with Crippen LogP contribution >= 0.6 is 0 Å². The first-order chi connectivity index (χ1) is 9.38. The van der Waals surface area contributed by atoms with Gasteiger partial charge in [0.05, 0.1) is 6.20 Å². The molecule has 0 radical (unpaired) electrons. The molecule has 0 amide bonds. The van der Waals surface area contributed by atoms with Gasteiger partial charge < -0.3 is 16.4 Å². The first-order valence-electron chi connectivity index (χ1n) is 6.17. The highest BCUT2D eigenvalue weighted by Gasteiger charge is 1.99. The normalized spacial score (nSPS) is 10.2. The number of hydrogen-bond acceptors (Lipinski definition) is 7. The van der Waals surface area contributed by atoms with Crippen LogP contribution in [0.15, 0.2) is 31.0 Å². The lowest BCUT2D eigenvalue weighted by molar-refractivity contribution is 0.772. The molecule has 0 saturated heterocycles. The van der Waals surface area contributed by atoms with Gasteiger partial charge in [0.1, 0.15) is 23.8 Å². The van der Waals surface area contributed by atoms with Crippen molar-refractivity contribution in [2.24, 2.45) is 5.73 Å². The Morgan fingerprint density at radius 3 is 2.68 bits per heavy atom. The van der Waals surface area contributed by atoms with E-state index < -0.39 is 0 Å². The second-order valence-corrected chi connectivity index (χ2v) is 3.93. The maximum atomic E-state index is 5.44. The molecule has 0 unspecified atom stereocenters. The fraction of sp³-hybridized carbons (Fsp3) is 0.333. The Kier molecular flexibility index (Phi) is 5.00. The number of nitrogens with two attached hydrogens (primary N) is 1. The zero-order chi connectivity index (χ0) is 13.3. The number of unbranched alkanes of at least 4 members (excludes halogenated alkanes) is 1. The van der Waals surface area contributed by atoms with Crippen molar-refractivity contribution in [2.45, 2.75) is 12.8 Å². The van der Waals surface area contributed by atoms with Crippen LogP contribution in [0.1, 0.15) is 12.8 Å². The van der Waals surface area contributed by atoms with E-state index in [9.17, 15) is 0 Å². The number of nitrogens with zero attached hydrogens (tertiary/aromatic N) is 4. The molecular weight excluding hydrogens is 242 g/mol. The third-order valence-electron chi connectivity index (χ3n) is 2.42. The van der Waals surface area contributed by atoms with Crippen molar-refractivity contribution in [3.05, 3.63) is 31.0 Å². The van der Waals surface area contributed by atoms with Crippen molar-refractivity contribution in [1.82, 2.24) is 19.9 Å². The quantitative estimate of drug-likeness (QED) is 0.641. The summed E-state index contributed by atoms with van der Waals surface area (Å²) >= 11 is 0. The van der Waals surface area contributed by atoms with Gasteiger partial charge in [0.2, 0.25) is 0 Å². The van der Waals surface area contributed by atoms with Crippen molar-refractivity contribution >= 4 is 17.5 Å². The molecule has 2 heterocycles. The Hall–Kier alpha value is -2.28. The van der Waals surface area contributed by atoms with Crippen molar-refractivity contribution in [3.63, 3.8) is 0 Å². The van der Waals surface area contributed by atoms with E-state index in [1.54, 1.807) is 18.6 Å². The minimum atomic E-state index is 0.648. The van der Waals surface area contributed by atoms with Gasteiger partial charge in [-0.3, -0.25) is 4.98 Å². The molecule has 7 nitrogen and oxygen atoms in total. The van der Waals surface area contributed by atoms with Crippen LogP contribution in [-0.4, -0.2) is 33.0 Å². The predicted molar refractivity (Wildman–Crippen MR) is 74.1 cm³/mol. The average molecular weight is 259 g/mol. The molecule has 0 aliphatic rings. The van der Waals surface area contributed by atoms with Gasteiger partial charge in [-0.2, -0.15) is 0 Å². The summed E-state index contributed by atoms with van der Waals surface area (Å²) in [5.41, 5.74) is 5.44. The summed E-state index contributed by atoms with van der Waals surface area (Å²) in [5, 5.41) is 6.28. The predicted octanol–water partition coefficient (Wildman–Crippen LogP) is 1.16. The molecule has 0 aliphatic carbocycles. The van der Waals surface area contributed by atoms with Crippen LogP contribution < -0.4 is 16.4 Å². The fourth-order valence-electron chi connectivity index (χ4n) is 1.50. The first kappa shape index (κ1) is 13.2. The van der Waals surface area contributed by atoms with Crippen LogP contribution in [0.5, 0.6) is 0 Å². The monoisotopic (exact) mass is 259 g/mol. The van der Waals surface area contributed by atoms with E-state index in [1.807, 2.05) is 6.07 Å². The van der Waals surface area contributed by atoms with Gasteiger partial charge in [-0.05, 0) is 19.4 Å². The summed E-state index contributed by atoms with van der Waals surface area (Å²) in [7, 11) is 0. The van der Waals surface area contributed by atoms with Crippen LogP contribution in [0.3, 0.4) is 0 Å². The zero-order valence-electron chi connectivity index (χ0n) is 10.6. The topological polar surface area (TPSA) is 102 Å². The van der Waals surface area contributed by atoms with Crippen molar-refractivity contribution in [1.29, 1.82) is 0 Å². The summed E-state index contributed by atoms with van der Waals surface area (Å²) < 4.78 is 0. The van der Waals surface area contributed by atoms with E-state index in [4.69, 9.17) is 5.73 Å². The van der Waals surface area contributed by atoms with E-state index in [2.05, 4.69) is 30.6 Å². The SMILES string of the molecule is NCCCCNc1cc(Nc2cnccn2)ncn1. The number of hydrogen-bond donors (Lipinski definition) is 3. The molecule has 100 valence electrons. The minimum Gasteiger partial charge on any atom is -0.370 e. The smallest absolute Gasteiger partial charge is 0.150 e. The highest BCUT2D eigenvalue weighted by atomic mass is 15.1. The molecule has 2 aromatic heterocycles. The summed E-state index contributed by atoms with van der Waals surface area (Å²) in [6.07, 6.45) is 8.40. The number of anilines is 3. The van der Waals surface area contributed by atoms with E-state index in [1.165, 1.54) is 6.33 Å². The Labute approximate surface area is 111 Å². The van der Waals surface area contributed by atoms with Crippen molar-refractivity contribution in [2.75, 3.05) is 23.7 Å². The van der Waals surface area contributed by atoms with Crippen LogP contribution in [0.25, 0.3) is 0 Å². The summed E-state index contributed by atoms with van der Waals surface area (Å²) in [5.74, 6) is 2.10. The summed E-state index contributed by atoms with van der Waals surface area (Å²) in [4.78, 5) is 16.4. The van der Waals surface area contributed by atoms with Gasteiger partial charge >= 0.3 is 0 Å². The van der Waals surface area contributed by atoms with Crippen LogP contribution in [0.4, 0.5) is 17.5 Å². The van der Waals surface area contributed by atoms with Crippen molar-refractivity contribution in [3.8, 4) is 0 Å². The Morgan fingerprint density at radius 1 is 1.00 bits per heavy atom. The van der Waals surface area contributed by atoms with E-state index in [0.717, 1.165) is 25.2 Å². The maximum Gasteiger partial charge on any atom is 0.150 e. The molecule has 2 aromatic rings. The Morgan fingerprint density at radius 2 is 1.89 bits per heavy atom. The number of aromatic nitrogens is 4. The van der Waals surface area contributed by atoms with Crippen LogP contribution in [-0.2, 0) is 0 Å². The second kappa shape index (κ2) is 7.22. The number of rotatable bonds is 7. The first-order valence-corrected chi connectivity index (χ1v) is 6.17. The van der Waals surface area contributed by atoms with Crippen molar-refractivity contribution < 1.29 is 0 Å². The van der Waals surface area contributed by atoms with E-state index >= 15 is 0 Å². The van der Waals surface area contributed by atoms with E-state index in [-0.39, 0.29) is 0 Å². The molecular formula is C12H17N7. The van der Waals surface area contributed by atoms with Gasteiger partial charge in [0.15, 0.2) is 0 Å². The Bertz CT molecular complexity index is 488. The highest BCUT2D eigenvalue weighted by Crippen LogP contribution is 2.13. The molecule has 0 spiro atoms. The molecule has 0 aromatic carbocycles. The average Bonchev–Trinajstić information content (AvgIpc) is 2.45. The highest BCUT2D eigenvalue weighted by molar-refractivity contribution is 5.54. The van der Waals surface area contributed by atoms with Gasteiger partial charge in [-0.25, -0.2) is 15.0 Å². The third-order valence-corrected chi connectivity index (χ3v) is 2.42. The lowest BCUT2D eigenvalue weighted by atomic mass is 10.3. The molecule has 7 heteroatoms. The van der Waals surface area contributed by atoms with Gasteiger partial charge in [-0.1, -0.05) is 0 Å². The van der Waals surface area contributed by atoms with Gasteiger partial charge in [-0.15, -0.1) is 0 Å². The number of nitrogens with one attached hydrogen (secondary N) is 2. The largest absolute Gasteiger partial charge is 0.370 e. The van der Waals surface area contributed by atoms with Crippen LogP contribution in [0.2, 0.25) is 0 Å². The third kappa shape index (κ3) is 4.47. The fourth-order valence-corrected chi connectivity index (χ4v) is 1.50. The maximum absolute atomic E-state index is 5.44. The second-order valence-electron chi connectivity index (χ2n) is 3.93. The van der Waals surface area contributed by atoms with Crippen LogP contribution in [0, 0.1) is 0 Å². The van der Waals surface area contributed by atoms with E-state index in [0.29, 0.717) is 18.2 Å². The molecule has 0 saturated carbocycles. The Balaban J connectivity index is 1.91. The molecule has 0 aliphatic heterocycles. The van der Waals surface area contributed by atoms with Gasteiger partial charge in [0, 0.05) is 25.0 Å². The zero-order valence-corrected chi connectivity index (χ0v) is 10.6. The molecule has 2 rings (SSSR count).